The van der Waals surface area contributed by atoms with Gasteiger partial charge in [0.15, 0.2) is 0 Å². The molecule has 1 aliphatic rings. The Morgan fingerprint density at radius 1 is 1.33 bits per heavy atom. The zero-order valence-electron chi connectivity index (χ0n) is 13.0. The molecule has 0 saturated carbocycles. The van der Waals surface area contributed by atoms with Crippen molar-refractivity contribution < 1.29 is 4.74 Å². The van der Waals surface area contributed by atoms with Crippen LogP contribution in [0.1, 0.15) is 33.1 Å². The average molecular weight is 287 g/mol. The fourth-order valence-electron chi connectivity index (χ4n) is 2.80. The van der Waals surface area contributed by atoms with Crippen LogP contribution in [0.3, 0.4) is 0 Å². The third-order valence-electron chi connectivity index (χ3n) is 4.08. The first-order chi connectivity index (χ1) is 10.2. The van der Waals surface area contributed by atoms with Gasteiger partial charge in [-0.1, -0.05) is 0 Å². The van der Waals surface area contributed by atoms with Crippen molar-refractivity contribution in [2.45, 2.75) is 45.2 Å². The predicted octanol–water partition coefficient (Wildman–Crippen LogP) is 3.26. The normalized spacial score (nSPS) is 18.0. The average Bonchev–Trinajstić information content (AvgIpc) is 2.50. The lowest BCUT2D eigenvalue weighted by atomic mass is 10.0. The van der Waals surface area contributed by atoms with E-state index in [9.17, 15) is 0 Å². The van der Waals surface area contributed by atoms with Crippen LogP contribution in [-0.2, 0) is 0 Å². The molecule has 1 fully saturated rings. The van der Waals surface area contributed by atoms with Gasteiger partial charge in [-0.2, -0.15) is 5.26 Å². The minimum absolute atomic E-state index is 0.376. The first-order valence-electron chi connectivity index (χ1n) is 7.83. The first-order valence-corrected chi connectivity index (χ1v) is 7.83. The van der Waals surface area contributed by atoms with Crippen molar-refractivity contribution in [3.05, 3.63) is 24.3 Å². The summed E-state index contributed by atoms with van der Waals surface area (Å²) in [7, 11) is 0. The molecular weight excluding hydrogens is 262 g/mol. The Hall–Kier alpha value is -1.73. The van der Waals surface area contributed by atoms with Gasteiger partial charge in [0.05, 0.1) is 19.1 Å². The quantitative estimate of drug-likeness (QED) is 0.872. The number of anilines is 1. The van der Waals surface area contributed by atoms with Crippen molar-refractivity contribution in [2.75, 3.05) is 25.0 Å². The lowest BCUT2D eigenvalue weighted by Crippen LogP contribution is -2.43. The van der Waals surface area contributed by atoms with E-state index in [1.165, 1.54) is 0 Å². The van der Waals surface area contributed by atoms with Gasteiger partial charge in [0.2, 0.25) is 0 Å². The van der Waals surface area contributed by atoms with E-state index in [2.05, 4.69) is 35.3 Å². The van der Waals surface area contributed by atoms with Crippen LogP contribution >= 0.6 is 0 Å². The topological polar surface area (TPSA) is 48.3 Å². The van der Waals surface area contributed by atoms with Gasteiger partial charge in [-0.3, -0.25) is 4.90 Å². The number of hydrogen-bond donors (Lipinski definition) is 1. The maximum Gasteiger partial charge on any atom is 0.119 e. The zero-order valence-corrected chi connectivity index (χ0v) is 13.0. The molecule has 0 amide bonds. The van der Waals surface area contributed by atoms with Gasteiger partial charge in [-0.05, 0) is 51.0 Å². The van der Waals surface area contributed by atoms with E-state index >= 15 is 0 Å². The van der Waals surface area contributed by atoms with E-state index in [-0.39, 0.29) is 0 Å². The number of ether oxygens (including phenoxy) is 1. The van der Waals surface area contributed by atoms with Crippen LogP contribution in [0.2, 0.25) is 0 Å². The highest BCUT2D eigenvalue weighted by atomic mass is 16.5. The molecule has 4 nitrogen and oxygen atoms in total. The molecule has 1 aliphatic heterocycles. The lowest BCUT2D eigenvalue weighted by molar-refractivity contribution is 0.169. The van der Waals surface area contributed by atoms with E-state index in [1.807, 2.05) is 19.1 Å². The molecule has 0 unspecified atom stereocenters. The van der Waals surface area contributed by atoms with Crippen LogP contribution in [0, 0.1) is 11.3 Å². The fourth-order valence-corrected chi connectivity index (χ4v) is 2.80. The summed E-state index contributed by atoms with van der Waals surface area (Å²) in [6, 6.07) is 11.3. The van der Waals surface area contributed by atoms with Crippen LogP contribution in [0.15, 0.2) is 24.3 Å². The molecule has 1 saturated heterocycles. The minimum Gasteiger partial charge on any atom is -0.494 e. The second kappa shape index (κ2) is 7.90. The number of nitriles is 1. The lowest BCUT2D eigenvalue weighted by Gasteiger charge is -2.35. The van der Waals surface area contributed by atoms with Crippen molar-refractivity contribution in [3.63, 3.8) is 0 Å². The monoisotopic (exact) mass is 287 g/mol. The zero-order chi connectivity index (χ0) is 15.1. The maximum absolute atomic E-state index is 8.78. The largest absolute Gasteiger partial charge is 0.494 e. The number of nitrogens with one attached hydrogen (secondary N) is 1. The second-order valence-corrected chi connectivity index (χ2v) is 5.62. The minimum atomic E-state index is 0.376. The Morgan fingerprint density at radius 3 is 2.57 bits per heavy atom. The van der Waals surface area contributed by atoms with Gasteiger partial charge in [0.25, 0.3) is 0 Å². The number of likely N-dealkylation sites (tertiary alicyclic amines) is 1. The smallest absolute Gasteiger partial charge is 0.119 e. The summed E-state index contributed by atoms with van der Waals surface area (Å²) in [6.07, 6.45) is 2.88. The van der Waals surface area contributed by atoms with Crippen LogP contribution in [-0.4, -0.2) is 36.7 Å². The highest BCUT2D eigenvalue weighted by molar-refractivity contribution is 5.47. The molecule has 0 bridgehead atoms. The summed E-state index contributed by atoms with van der Waals surface area (Å²) in [5, 5.41) is 12.4. The summed E-state index contributed by atoms with van der Waals surface area (Å²) < 4.78 is 5.45. The SMILES string of the molecule is CCOc1ccc(NC2CCN([C@H](C)CC#N)CC2)cc1. The van der Waals surface area contributed by atoms with Gasteiger partial charge in [0, 0.05) is 30.9 Å². The van der Waals surface area contributed by atoms with E-state index in [1.54, 1.807) is 0 Å². The molecule has 1 heterocycles. The van der Waals surface area contributed by atoms with Crippen molar-refractivity contribution in [1.29, 1.82) is 5.26 Å². The molecule has 1 aromatic carbocycles. The Balaban J connectivity index is 1.79. The number of nitrogens with zero attached hydrogens (tertiary/aromatic N) is 2. The summed E-state index contributed by atoms with van der Waals surface area (Å²) in [6.45, 7) is 6.97. The van der Waals surface area contributed by atoms with Crippen molar-refractivity contribution in [1.82, 2.24) is 4.90 Å². The van der Waals surface area contributed by atoms with Crippen molar-refractivity contribution in [3.8, 4) is 11.8 Å². The van der Waals surface area contributed by atoms with Gasteiger partial charge in [-0.25, -0.2) is 0 Å². The molecule has 114 valence electrons. The Bertz CT molecular complexity index is 458. The van der Waals surface area contributed by atoms with Gasteiger partial charge in [-0.15, -0.1) is 0 Å². The molecule has 4 heteroatoms. The Morgan fingerprint density at radius 2 is 2.00 bits per heavy atom. The Labute approximate surface area is 127 Å². The van der Waals surface area contributed by atoms with Crippen LogP contribution in [0.4, 0.5) is 5.69 Å². The van der Waals surface area contributed by atoms with Crippen LogP contribution in [0.5, 0.6) is 5.75 Å². The number of rotatable bonds is 6. The van der Waals surface area contributed by atoms with Gasteiger partial charge in [0.1, 0.15) is 5.75 Å². The third-order valence-corrected chi connectivity index (χ3v) is 4.08. The summed E-state index contributed by atoms with van der Waals surface area (Å²) >= 11 is 0. The predicted molar refractivity (Wildman–Crippen MR) is 85.5 cm³/mol. The molecule has 1 aromatic rings. The summed E-state index contributed by atoms with van der Waals surface area (Å²) in [4.78, 5) is 2.42. The highest BCUT2D eigenvalue weighted by Gasteiger charge is 2.22. The van der Waals surface area contributed by atoms with Gasteiger partial charge >= 0.3 is 0 Å². The maximum atomic E-state index is 8.78. The molecule has 0 aliphatic carbocycles. The fraction of sp³-hybridized carbons (Fsp3) is 0.588. The van der Waals surface area contributed by atoms with Gasteiger partial charge < -0.3 is 10.1 Å². The molecule has 2 rings (SSSR count). The second-order valence-electron chi connectivity index (χ2n) is 5.62. The molecule has 1 N–H and O–H groups in total. The van der Waals surface area contributed by atoms with Crippen molar-refractivity contribution in [2.24, 2.45) is 0 Å². The summed E-state index contributed by atoms with van der Waals surface area (Å²) in [5.74, 6) is 0.920. The number of hydrogen-bond acceptors (Lipinski definition) is 4. The molecule has 1 atom stereocenters. The highest BCUT2D eigenvalue weighted by Crippen LogP contribution is 2.21. The van der Waals surface area contributed by atoms with E-state index in [0.29, 0.717) is 25.1 Å². The summed E-state index contributed by atoms with van der Waals surface area (Å²) in [5.41, 5.74) is 1.15. The molecule has 21 heavy (non-hydrogen) atoms. The molecule has 0 spiro atoms. The molecule has 0 aromatic heterocycles. The van der Waals surface area contributed by atoms with E-state index in [4.69, 9.17) is 10.00 Å². The van der Waals surface area contributed by atoms with E-state index < -0.39 is 0 Å². The standard InChI is InChI=1S/C17H25N3O/c1-3-21-17-6-4-15(5-7-17)19-16-9-12-20(13-10-16)14(2)8-11-18/h4-7,14,16,19H,3,8-10,12-13H2,1-2H3/t14-/m1/s1. The number of piperidine rings is 1. The molecule has 0 radical (unpaired) electrons. The van der Waals surface area contributed by atoms with Crippen molar-refractivity contribution >= 4 is 5.69 Å². The molecular formula is C17H25N3O. The number of benzene rings is 1. The van der Waals surface area contributed by atoms with E-state index in [0.717, 1.165) is 37.4 Å². The van der Waals surface area contributed by atoms with Crippen LogP contribution in [0.25, 0.3) is 0 Å². The van der Waals surface area contributed by atoms with Crippen LogP contribution < -0.4 is 10.1 Å². The first kappa shape index (κ1) is 15.7. The third kappa shape index (κ3) is 4.64. The Kier molecular flexibility index (Phi) is 5.89.